The zero-order valence-corrected chi connectivity index (χ0v) is 8.84. The number of hydrogen-bond acceptors (Lipinski definition) is 3. The molecule has 0 radical (unpaired) electrons. The highest BCUT2D eigenvalue weighted by molar-refractivity contribution is 5.80. The molecule has 0 saturated carbocycles. The summed E-state index contributed by atoms with van der Waals surface area (Å²) >= 11 is 0. The highest BCUT2D eigenvalue weighted by atomic mass is 16.1. The second-order valence-electron chi connectivity index (χ2n) is 3.14. The molecule has 0 saturated heterocycles. The number of carbonyl (C=O) groups is 1. The molecular weight excluding hydrogens is 166 g/mol. The number of rotatable bonds is 7. The molecule has 4 nitrogen and oxygen atoms in total. The lowest BCUT2D eigenvalue weighted by Gasteiger charge is -2.23. The van der Waals surface area contributed by atoms with Crippen LogP contribution in [0.25, 0.3) is 0 Å². The number of nitrogens with two attached hydrogens (primary N) is 1. The van der Waals surface area contributed by atoms with Crippen molar-refractivity contribution in [1.29, 1.82) is 0 Å². The third-order valence-corrected chi connectivity index (χ3v) is 2.12. The zero-order chi connectivity index (χ0) is 10.3. The van der Waals surface area contributed by atoms with Gasteiger partial charge in [0.2, 0.25) is 5.91 Å². The smallest absolute Gasteiger partial charge is 0.235 e. The standard InChI is InChI=1S/C9H21N3O/c1-4-6-12(5-2)7-8(11-3)9(10)13/h8,11H,4-7H2,1-3H3,(H2,10,13). The van der Waals surface area contributed by atoms with Gasteiger partial charge in [-0.25, -0.2) is 0 Å². The first-order valence-electron chi connectivity index (χ1n) is 4.84. The third-order valence-electron chi connectivity index (χ3n) is 2.12. The number of amides is 1. The Morgan fingerprint density at radius 3 is 2.46 bits per heavy atom. The minimum absolute atomic E-state index is 0.230. The minimum Gasteiger partial charge on any atom is -0.368 e. The molecule has 3 N–H and O–H groups in total. The molecule has 0 aromatic carbocycles. The number of primary amides is 1. The summed E-state index contributed by atoms with van der Waals surface area (Å²) in [5, 5.41) is 2.91. The van der Waals surface area contributed by atoms with Crippen LogP contribution in [0.2, 0.25) is 0 Å². The van der Waals surface area contributed by atoms with Gasteiger partial charge in [-0.1, -0.05) is 13.8 Å². The maximum Gasteiger partial charge on any atom is 0.235 e. The van der Waals surface area contributed by atoms with E-state index in [0.717, 1.165) is 19.5 Å². The van der Waals surface area contributed by atoms with Crippen LogP contribution in [0.5, 0.6) is 0 Å². The van der Waals surface area contributed by atoms with Gasteiger partial charge in [0.15, 0.2) is 0 Å². The van der Waals surface area contributed by atoms with Gasteiger partial charge < -0.3 is 16.0 Å². The van der Waals surface area contributed by atoms with Crippen molar-refractivity contribution in [2.45, 2.75) is 26.3 Å². The van der Waals surface area contributed by atoms with Gasteiger partial charge in [-0.05, 0) is 26.6 Å². The molecule has 78 valence electrons. The summed E-state index contributed by atoms with van der Waals surface area (Å²) in [5.74, 6) is -0.281. The average Bonchev–Trinajstić information content (AvgIpc) is 2.11. The van der Waals surface area contributed by atoms with Crippen LogP contribution in [0, 0.1) is 0 Å². The van der Waals surface area contributed by atoms with E-state index in [4.69, 9.17) is 5.73 Å². The van der Waals surface area contributed by atoms with Gasteiger partial charge in [0.25, 0.3) is 0 Å². The molecule has 0 bridgehead atoms. The predicted octanol–water partition coefficient (Wildman–Crippen LogP) is -0.208. The van der Waals surface area contributed by atoms with Crippen LogP contribution >= 0.6 is 0 Å². The first-order valence-corrected chi connectivity index (χ1v) is 4.84. The van der Waals surface area contributed by atoms with Gasteiger partial charge in [-0.15, -0.1) is 0 Å². The van der Waals surface area contributed by atoms with Gasteiger partial charge >= 0.3 is 0 Å². The molecule has 0 aromatic heterocycles. The lowest BCUT2D eigenvalue weighted by molar-refractivity contribution is -0.120. The first-order chi connectivity index (χ1) is 6.15. The SMILES string of the molecule is CCCN(CC)CC(NC)C(N)=O. The minimum atomic E-state index is -0.281. The number of likely N-dealkylation sites (N-methyl/N-ethyl adjacent to an activating group) is 2. The number of hydrogen-bond donors (Lipinski definition) is 2. The largest absolute Gasteiger partial charge is 0.368 e. The van der Waals surface area contributed by atoms with Gasteiger partial charge in [0, 0.05) is 6.54 Å². The van der Waals surface area contributed by atoms with Gasteiger partial charge in [0.05, 0.1) is 6.04 Å². The van der Waals surface area contributed by atoms with Gasteiger partial charge in [-0.3, -0.25) is 4.79 Å². The van der Waals surface area contributed by atoms with Crippen molar-refractivity contribution in [3.05, 3.63) is 0 Å². The molecule has 13 heavy (non-hydrogen) atoms. The highest BCUT2D eigenvalue weighted by Crippen LogP contribution is 1.93. The Morgan fingerprint density at radius 2 is 2.15 bits per heavy atom. The van der Waals surface area contributed by atoms with Crippen LogP contribution in [0.1, 0.15) is 20.3 Å². The number of nitrogens with one attached hydrogen (secondary N) is 1. The third kappa shape index (κ3) is 4.85. The number of carbonyl (C=O) groups excluding carboxylic acids is 1. The van der Waals surface area contributed by atoms with E-state index in [9.17, 15) is 4.79 Å². The van der Waals surface area contributed by atoms with Gasteiger partial charge in [0.1, 0.15) is 0 Å². The van der Waals surface area contributed by atoms with Crippen molar-refractivity contribution in [1.82, 2.24) is 10.2 Å². The molecule has 0 aliphatic carbocycles. The van der Waals surface area contributed by atoms with Crippen molar-refractivity contribution in [2.75, 3.05) is 26.7 Å². The van der Waals surface area contributed by atoms with Crippen molar-refractivity contribution in [3.8, 4) is 0 Å². The van der Waals surface area contributed by atoms with Gasteiger partial charge in [-0.2, -0.15) is 0 Å². The lowest BCUT2D eigenvalue weighted by Crippen LogP contribution is -2.47. The molecular formula is C9H21N3O. The van der Waals surface area contributed by atoms with E-state index in [-0.39, 0.29) is 11.9 Å². The molecule has 1 amide bonds. The topological polar surface area (TPSA) is 58.4 Å². The lowest BCUT2D eigenvalue weighted by atomic mass is 10.2. The van der Waals surface area contributed by atoms with Crippen LogP contribution in [-0.2, 0) is 4.79 Å². The molecule has 0 aromatic rings. The Bertz CT molecular complexity index is 150. The normalized spacial score (nSPS) is 13.2. The quantitative estimate of drug-likeness (QED) is 0.580. The van der Waals surface area contributed by atoms with Crippen molar-refractivity contribution in [2.24, 2.45) is 5.73 Å². The molecule has 4 heteroatoms. The number of nitrogens with zero attached hydrogens (tertiary/aromatic N) is 1. The summed E-state index contributed by atoms with van der Waals surface area (Å²) in [5.41, 5.74) is 5.22. The summed E-state index contributed by atoms with van der Waals surface area (Å²) in [6.07, 6.45) is 1.10. The van der Waals surface area contributed by atoms with Crippen LogP contribution in [0.4, 0.5) is 0 Å². The van der Waals surface area contributed by atoms with E-state index in [1.54, 1.807) is 7.05 Å². The second-order valence-corrected chi connectivity index (χ2v) is 3.14. The van der Waals surface area contributed by atoms with Crippen molar-refractivity contribution >= 4 is 5.91 Å². The Morgan fingerprint density at radius 1 is 1.54 bits per heavy atom. The van der Waals surface area contributed by atoms with E-state index >= 15 is 0 Å². The maximum atomic E-state index is 10.9. The van der Waals surface area contributed by atoms with E-state index < -0.39 is 0 Å². The Balaban J connectivity index is 3.95. The second kappa shape index (κ2) is 6.86. The summed E-state index contributed by atoms with van der Waals surface area (Å²) in [6, 6.07) is -0.230. The van der Waals surface area contributed by atoms with Crippen LogP contribution < -0.4 is 11.1 Å². The summed E-state index contributed by atoms with van der Waals surface area (Å²) < 4.78 is 0. The summed E-state index contributed by atoms with van der Waals surface area (Å²) in [7, 11) is 1.76. The fraction of sp³-hybridized carbons (Fsp3) is 0.889. The average molecular weight is 187 g/mol. The molecule has 0 aliphatic rings. The molecule has 0 aliphatic heterocycles. The van der Waals surface area contributed by atoms with Crippen LogP contribution in [0.15, 0.2) is 0 Å². The Hall–Kier alpha value is -0.610. The monoisotopic (exact) mass is 187 g/mol. The summed E-state index contributed by atoms with van der Waals surface area (Å²) in [6.45, 7) is 6.89. The van der Waals surface area contributed by atoms with Crippen molar-refractivity contribution < 1.29 is 4.79 Å². The maximum absolute atomic E-state index is 10.9. The fourth-order valence-corrected chi connectivity index (χ4v) is 1.28. The van der Waals surface area contributed by atoms with Crippen LogP contribution in [0.3, 0.4) is 0 Å². The van der Waals surface area contributed by atoms with E-state index in [1.165, 1.54) is 0 Å². The van der Waals surface area contributed by atoms with E-state index in [0.29, 0.717) is 6.54 Å². The fourth-order valence-electron chi connectivity index (χ4n) is 1.28. The molecule has 0 spiro atoms. The Kier molecular flexibility index (Phi) is 6.54. The highest BCUT2D eigenvalue weighted by Gasteiger charge is 2.15. The van der Waals surface area contributed by atoms with E-state index in [2.05, 4.69) is 24.1 Å². The predicted molar refractivity (Wildman–Crippen MR) is 54.4 cm³/mol. The first kappa shape index (κ1) is 12.4. The van der Waals surface area contributed by atoms with Crippen molar-refractivity contribution in [3.63, 3.8) is 0 Å². The molecule has 0 fully saturated rings. The Labute approximate surface area is 80.5 Å². The van der Waals surface area contributed by atoms with Crippen LogP contribution in [-0.4, -0.2) is 43.5 Å². The molecule has 1 unspecified atom stereocenters. The molecule has 1 atom stereocenters. The molecule has 0 rings (SSSR count). The van der Waals surface area contributed by atoms with E-state index in [1.807, 2.05) is 0 Å². The zero-order valence-electron chi connectivity index (χ0n) is 8.84. The molecule has 0 heterocycles. The summed E-state index contributed by atoms with van der Waals surface area (Å²) in [4.78, 5) is 13.1.